The zero-order valence-corrected chi connectivity index (χ0v) is 13.5. The van der Waals surface area contributed by atoms with Crippen molar-refractivity contribution in [3.63, 3.8) is 0 Å². The van der Waals surface area contributed by atoms with Crippen LogP contribution in [0.25, 0.3) is 0 Å². The van der Waals surface area contributed by atoms with Crippen molar-refractivity contribution in [3.05, 3.63) is 10.6 Å². The monoisotopic (exact) mass is 278 g/mol. The predicted molar refractivity (Wildman–Crippen MR) is 62.6 cm³/mol. The number of β-lactam (4-membered cyclic amide) rings is 1. The van der Waals surface area contributed by atoms with E-state index in [-0.39, 0.29) is 53.1 Å². The van der Waals surface area contributed by atoms with Gasteiger partial charge in [0.2, 0.25) is 5.91 Å². The summed E-state index contributed by atoms with van der Waals surface area (Å²) >= 11 is 1.42. The third-order valence-corrected chi connectivity index (χ3v) is 4.43. The van der Waals surface area contributed by atoms with Crippen LogP contribution in [0.15, 0.2) is 10.6 Å². The van der Waals surface area contributed by atoms with E-state index in [1.54, 1.807) is 0 Å². The van der Waals surface area contributed by atoms with Gasteiger partial charge in [0.1, 0.15) is 0 Å². The fraction of sp³-hybridized carbons (Fsp3) is 0.636. The van der Waals surface area contributed by atoms with Gasteiger partial charge in [-0.1, -0.05) is 6.92 Å². The van der Waals surface area contributed by atoms with E-state index in [1.165, 1.54) is 16.7 Å². The number of carbonyl (C=O) groups is 2. The second-order valence-corrected chi connectivity index (χ2v) is 5.38. The first-order valence-corrected chi connectivity index (χ1v) is 6.70. The summed E-state index contributed by atoms with van der Waals surface area (Å²) in [4.78, 5) is 25.0. The van der Waals surface area contributed by atoms with Crippen LogP contribution in [0.3, 0.4) is 0 Å². The van der Waals surface area contributed by atoms with E-state index in [1.807, 2.05) is 6.92 Å². The summed E-state index contributed by atoms with van der Waals surface area (Å²) < 4.78 is 0. The van der Waals surface area contributed by atoms with Crippen LogP contribution in [0, 0.1) is 5.92 Å². The van der Waals surface area contributed by atoms with E-state index in [2.05, 4.69) is 0 Å². The quantitative estimate of drug-likeness (QED) is 0.413. The zero-order valence-electron chi connectivity index (χ0n) is 10.6. The van der Waals surface area contributed by atoms with Crippen molar-refractivity contribution >= 4 is 23.6 Å². The van der Waals surface area contributed by atoms with Crippen LogP contribution in [0.4, 0.5) is 0 Å². The topological polar surface area (TPSA) is 86.5 Å². The number of aliphatic carboxylic acids is 1. The molecule has 18 heavy (non-hydrogen) atoms. The number of carboxylic acid groups (broad SMARTS) is 1. The van der Waals surface area contributed by atoms with Gasteiger partial charge in [-0.2, -0.15) is 0 Å². The van der Waals surface area contributed by atoms with Crippen LogP contribution in [0.1, 0.15) is 19.8 Å². The summed E-state index contributed by atoms with van der Waals surface area (Å²) in [5.74, 6) is -0.701. The Hall–Kier alpha value is -0.01000. The predicted octanol–water partition coefficient (Wildman–Crippen LogP) is -3.72. The molecule has 94 valence electrons. The molecule has 0 bridgehead atoms. The summed E-state index contributed by atoms with van der Waals surface area (Å²) in [6, 6.07) is 0.0284. The van der Waals surface area contributed by atoms with Gasteiger partial charge in [0, 0.05) is 23.6 Å². The molecular formula is C11H15N2NaO3S. The Labute approximate surface area is 132 Å². The largest absolute Gasteiger partial charge is 1.00 e. The van der Waals surface area contributed by atoms with Crippen molar-refractivity contribution < 1.29 is 44.3 Å². The molecular weight excluding hydrogens is 263 g/mol. The minimum atomic E-state index is -1.25. The number of nitrogens with two attached hydrogens (primary N) is 1. The molecule has 0 aromatic rings. The number of carboxylic acids is 1. The standard InChI is InChI=1S/C11H16N2O3S.Na/c1-2-6-7-5-8(17-4-3-12)9(11(15)16)13(7)10(6)14;/h6-7H,2-5,12H2,1H3,(H,15,16);/q;+1/p-1/t6-,7-;/m1./s1. The van der Waals surface area contributed by atoms with Crippen molar-refractivity contribution in [2.24, 2.45) is 11.7 Å². The number of nitrogens with zero attached hydrogens (tertiary/aromatic N) is 1. The molecule has 2 N–H and O–H groups in total. The van der Waals surface area contributed by atoms with Gasteiger partial charge >= 0.3 is 29.6 Å². The van der Waals surface area contributed by atoms with Crippen molar-refractivity contribution in [2.75, 3.05) is 12.3 Å². The number of fused-ring (bicyclic) bond motifs is 1. The molecule has 0 saturated carbocycles. The van der Waals surface area contributed by atoms with Crippen molar-refractivity contribution in [2.45, 2.75) is 25.8 Å². The van der Waals surface area contributed by atoms with Gasteiger partial charge in [-0.3, -0.25) is 4.79 Å². The molecule has 7 heteroatoms. The Morgan fingerprint density at radius 2 is 2.28 bits per heavy atom. The van der Waals surface area contributed by atoms with Gasteiger partial charge < -0.3 is 20.5 Å². The van der Waals surface area contributed by atoms with Gasteiger partial charge in [0.15, 0.2) is 0 Å². The molecule has 2 aliphatic rings. The van der Waals surface area contributed by atoms with E-state index in [4.69, 9.17) is 5.73 Å². The second-order valence-electron chi connectivity index (χ2n) is 4.19. The smallest absolute Gasteiger partial charge is 0.543 e. The molecule has 0 radical (unpaired) electrons. The molecule has 0 aromatic heterocycles. The number of carbonyl (C=O) groups excluding carboxylic acids is 2. The average Bonchev–Trinajstić information content (AvgIpc) is 2.62. The first-order valence-electron chi connectivity index (χ1n) is 5.72. The molecule has 2 rings (SSSR count). The number of hydrogen-bond acceptors (Lipinski definition) is 5. The Morgan fingerprint density at radius 3 is 2.78 bits per heavy atom. The van der Waals surface area contributed by atoms with Gasteiger partial charge in [0.25, 0.3) is 0 Å². The summed E-state index contributed by atoms with van der Waals surface area (Å²) in [6.07, 6.45) is 1.40. The normalized spacial score (nSPS) is 25.7. The minimum absolute atomic E-state index is 0. The van der Waals surface area contributed by atoms with Crippen LogP contribution in [0.5, 0.6) is 0 Å². The van der Waals surface area contributed by atoms with Crippen LogP contribution >= 0.6 is 11.8 Å². The molecule has 0 aromatic carbocycles. The van der Waals surface area contributed by atoms with Gasteiger partial charge in [-0.05, 0) is 6.42 Å². The molecule has 5 nitrogen and oxygen atoms in total. The SMILES string of the molecule is CC[C@H]1C(=O)N2C(C(=O)[O-])=C(SCCN)C[C@H]12.[Na+]. The Kier molecular flexibility index (Phi) is 5.73. The fourth-order valence-corrected chi connectivity index (χ4v) is 3.47. The maximum Gasteiger partial charge on any atom is 1.00 e. The van der Waals surface area contributed by atoms with Gasteiger partial charge in [0.05, 0.1) is 23.6 Å². The number of thioether (sulfide) groups is 1. The third-order valence-electron chi connectivity index (χ3n) is 3.28. The van der Waals surface area contributed by atoms with Gasteiger partial charge in [-0.15, -0.1) is 11.8 Å². The van der Waals surface area contributed by atoms with E-state index >= 15 is 0 Å². The Bertz CT molecular complexity index is 400. The third kappa shape index (κ3) is 2.49. The van der Waals surface area contributed by atoms with E-state index in [0.717, 1.165) is 11.3 Å². The van der Waals surface area contributed by atoms with Gasteiger partial charge in [-0.25, -0.2) is 0 Å². The van der Waals surface area contributed by atoms with E-state index in [0.29, 0.717) is 18.7 Å². The fourth-order valence-electron chi connectivity index (χ4n) is 2.50. The molecule has 2 aliphatic heterocycles. The summed E-state index contributed by atoms with van der Waals surface area (Å²) in [6.45, 7) is 2.44. The van der Waals surface area contributed by atoms with Crippen molar-refractivity contribution in [1.29, 1.82) is 0 Å². The molecule has 0 aliphatic carbocycles. The molecule has 0 spiro atoms. The van der Waals surface area contributed by atoms with E-state index in [9.17, 15) is 14.7 Å². The van der Waals surface area contributed by atoms with Crippen LogP contribution in [-0.4, -0.2) is 35.1 Å². The molecule has 1 saturated heterocycles. The maximum atomic E-state index is 11.8. The minimum Gasteiger partial charge on any atom is -0.543 e. The first-order chi connectivity index (χ1) is 8.11. The Morgan fingerprint density at radius 1 is 1.61 bits per heavy atom. The maximum absolute atomic E-state index is 11.8. The zero-order chi connectivity index (χ0) is 12.6. The molecule has 2 heterocycles. The number of rotatable bonds is 5. The Balaban J connectivity index is 0.00000162. The summed E-state index contributed by atoms with van der Waals surface area (Å²) in [7, 11) is 0. The van der Waals surface area contributed by atoms with Crippen LogP contribution in [-0.2, 0) is 9.59 Å². The molecule has 1 fully saturated rings. The number of amides is 1. The summed E-state index contributed by atoms with van der Waals surface area (Å²) in [5.41, 5.74) is 5.48. The second kappa shape index (κ2) is 6.43. The van der Waals surface area contributed by atoms with Crippen molar-refractivity contribution in [1.82, 2.24) is 4.90 Å². The van der Waals surface area contributed by atoms with Crippen molar-refractivity contribution in [3.8, 4) is 0 Å². The first kappa shape index (κ1) is 16.0. The number of hydrogen-bond donors (Lipinski definition) is 1. The van der Waals surface area contributed by atoms with Crippen LogP contribution in [0.2, 0.25) is 0 Å². The van der Waals surface area contributed by atoms with Crippen LogP contribution < -0.4 is 40.4 Å². The molecule has 0 unspecified atom stereocenters. The molecule has 1 amide bonds. The summed E-state index contributed by atoms with van der Waals surface area (Å²) in [5, 5.41) is 11.1. The van der Waals surface area contributed by atoms with E-state index < -0.39 is 5.97 Å². The molecule has 2 atom stereocenters. The average molecular weight is 278 g/mol.